The van der Waals surface area contributed by atoms with Gasteiger partial charge < -0.3 is 25.0 Å². The van der Waals surface area contributed by atoms with Gasteiger partial charge in [0, 0.05) is 17.7 Å². The van der Waals surface area contributed by atoms with Gasteiger partial charge in [0.2, 0.25) is 5.91 Å². The van der Waals surface area contributed by atoms with Crippen LogP contribution in [0.15, 0.2) is 61.2 Å². The van der Waals surface area contributed by atoms with E-state index < -0.39 is 18.9 Å². The number of aliphatic hydroxyl groups excluding tert-OH is 2. The van der Waals surface area contributed by atoms with E-state index in [1.807, 2.05) is 0 Å². The molecule has 160 valence electrons. The van der Waals surface area contributed by atoms with Gasteiger partial charge >= 0.3 is 0 Å². The first-order valence-corrected chi connectivity index (χ1v) is 9.30. The number of ether oxygens (including phenoxy) is 2. The summed E-state index contributed by atoms with van der Waals surface area (Å²) in [6, 6.07) is 13.5. The van der Waals surface area contributed by atoms with Crippen LogP contribution in [0.4, 0.5) is 4.39 Å². The monoisotopic (exact) mass is 416 g/mol. The predicted octanol–water partition coefficient (Wildman–Crippen LogP) is 1.85. The maximum atomic E-state index is 12.2. The molecule has 1 amide bonds. The first kappa shape index (κ1) is 23.1. The Morgan fingerprint density at radius 2 is 1.47 bits per heavy atom. The summed E-state index contributed by atoms with van der Waals surface area (Å²) >= 11 is 0. The molecule has 0 heterocycles. The average molecular weight is 416 g/mol. The predicted molar refractivity (Wildman–Crippen MR) is 111 cm³/mol. The Hall–Kier alpha value is -3.23. The molecule has 0 aromatic heterocycles. The lowest BCUT2D eigenvalue weighted by molar-refractivity contribution is -0.117. The molecule has 0 saturated heterocycles. The maximum Gasteiger partial charge on any atom is 0.243 e. The number of hydrogen-bond acceptors (Lipinski definition) is 6. The van der Waals surface area contributed by atoms with Gasteiger partial charge in [-0.15, -0.1) is 0 Å². The minimum atomic E-state index is -1.16. The van der Waals surface area contributed by atoms with Crippen LogP contribution in [0.2, 0.25) is 0 Å². The fraction of sp³-hybridized carbons (Fsp3) is 0.273. The van der Waals surface area contributed by atoms with Gasteiger partial charge in [-0.1, -0.05) is 6.58 Å². The summed E-state index contributed by atoms with van der Waals surface area (Å²) in [5.74, 6) is 0.635. The molecule has 0 fully saturated rings. The third-order valence-corrected chi connectivity index (χ3v) is 4.05. The molecule has 7 nitrogen and oxygen atoms in total. The topological polar surface area (TPSA) is 112 Å². The van der Waals surface area contributed by atoms with Gasteiger partial charge in [-0.25, -0.2) is 4.39 Å². The number of halogens is 1. The Balaban J connectivity index is 1.87. The van der Waals surface area contributed by atoms with E-state index in [9.17, 15) is 19.4 Å². The fourth-order valence-electron chi connectivity index (χ4n) is 2.38. The van der Waals surface area contributed by atoms with Crippen molar-refractivity contribution in [2.24, 2.45) is 0 Å². The molecule has 0 aliphatic carbocycles. The van der Waals surface area contributed by atoms with E-state index in [4.69, 9.17) is 14.9 Å². The van der Waals surface area contributed by atoms with Crippen molar-refractivity contribution in [3.05, 3.63) is 72.3 Å². The van der Waals surface area contributed by atoms with Crippen molar-refractivity contribution < 1.29 is 28.9 Å². The van der Waals surface area contributed by atoms with E-state index in [0.717, 1.165) is 6.08 Å². The summed E-state index contributed by atoms with van der Waals surface area (Å²) in [7, 11) is 0. The molecule has 0 radical (unpaired) electrons. The van der Waals surface area contributed by atoms with Crippen molar-refractivity contribution in [1.82, 2.24) is 5.32 Å². The molecular weight excluding hydrogens is 391 g/mol. The Labute approximate surface area is 174 Å². The van der Waals surface area contributed by atoms with Crippen LogP contribution in [0.3, 0.4) is 0 Å². The SMILES string of the molecule is C=CC(=O)NCC(O)COc1ccc(C(=N)c2ccc(OCC(O)CF)cc2)cc1. The highest BCUT2D eigenvalue weighted by molar-refractivity contribution is 6.10. The van der Waals surface area contributed by atoms with Crippen LogP contribution >= 0.6 is 0 Å². The molecule has 0 spiro atoms. The van der Waals surface area contributed by atoms with Crippen molar-refractivity contribution in [2.75, 3.05) is 26.4 Å². The molecule has 4 N–H and O–H groups in total. The van der Waals surface area contributed by atoms with Crippen molar-refractivity contribution in [3.8, 4) is 11.5 Å². The molecule has 2 rings (SSSR count). The highest BCUT2D eigenvalue weighted by atomic mass is 19.1. The number of hydrogen-bond donors (Lipinski definition) is 4. The van der Waals surface area contributed by atoms with Gasteiger partial charge in [0.05, 0.1) is 5.71 Å². The summed E-state index contributed by atoms with van der Waals surface area (Å²) in [5.41, 5.74) is 1.63. The third-order valence-electron chi connectivity index (χ3n) is 4.05. The summed E-state index contributed by atoms with van der Waals surface area (Å²) in [4.78, 5) is 11.1. The number of amides is 1. The smallest absolute Gasteiger partial charge is 0.243 e. The molecule has 2 unspecified atom stereocenters. The fourth-order valence-corrected chi connectivity index (χ4v) is 2.38. The molecule has 0 aliphatic rings. The number of rotatable bonds is 12. The van der Waals surface area contributed by atoms with Crippen LogP contribution < -0.4 is 14.8 Å². The van der Waals surface area contributed by atoms with E-state index in [2.05, 4.69) is 11.9 Å². The zero-order chi connectivity index (χ0) is 21.9. The number of benzene rings is 2. The van der Waals surface area contributed by atoms with E-state index >= 15 is 0 Å². The molecule has 30 heavy (non-hydrogen) atoms. The summed E-state index contributed by atoms with van der Waals surface area (Å²) in [6.45, 7) is 2.39. The number of aliphatic hydroxyl groups is 2. The second kappa shape index (κ2) is 11.7. The maximum absolute atomic E-state index is 12.2. The van der Waals surface area contributed by atoms with Gasteiger partial charge in [0.1, 0.15) is 43.6 Å². The Morgan fingerprint density at radius 3 is 1.90 bits per heavy atom. The van der Waals surface area contributed by atoms with Crippen LogP contribution in [-0.4, -0.2) is 60.5 Å². The van der Waals surface area contributed by atoms with Gasteiger partial charge in [-0.3, -0.25) is 10.2 Å². The van der Waals surface area contributed by atoms with Crippen molar-refractivity contribution in [3.63, 3.8) is 0 Å². The van der Waals surface area contributed by atoms with Crippen LogP contribution in [0.25, 0.3) is 0 Å². The largest absolute Gasteiger partial charge is 0.491 e. The lowest BCUT2D eigenvalue weighted by Gasteiger charge is -2.13. The van der Waals surface area contributed by atoms with Gasteiger partial charge in [-0.05, 0) is 54.6 Å². The molecule has 2 aromatic rings. The van der Waals surface area contributed by atoms with E-state index in [1.54, 1.807) is 48.5 Å². The molecule has 2 atom stereocenters. The molecule has 8 heteroatoms. The Bertz CT molecular complexity index is 840. The van der Waals surface area contributed by atoms with E-state index in [1.165, 1.54) is 0 Å². The van der Waals surface area contributed by atoms with E-state index in [0.29, 0.717) is 28.3 Å². The van der Waals surface area contributed by atoms with Crippen LogP contribution in [0, 0.1) is 5.41 Å². The highest BCUT2D eigenvalue weighted by Gasteiger charge is 2.09. The first-order valence-electron chi connectivity index (χ1n) is 9.30. The molecule has 0 aliphatic heterocycles. The minimum absolute atomic E-state index is 0.00673. The van der Waals surface area contributed by atoms with Crippen LogP contribution in [0.1, 0.15) is 11.1 Å². The highest BCUT2D eigenvalue weighted by Crippen LogP contribution is 2.18. The third kappa shape index (κ3) is 7.31. The Kier molecular flexibility index (Phi) is 8.99. The molecule has 0 saturated carbocycles. The quantitative estimate of drug-likeness (QED) is 0.312. The molecular formula is C22H25FN2O5. The summed E-state index contributed by atoms with van der Waals surface area (Å²) in [5, 5.41) is 29.8. The number of alkyl halides is 1. The normalized spacial score (nSPS) is 12.5. The number of nitrogens with one attached hydrogen (secondary N) is 2. The number of carbonyl (C=O) groups excluding carboxylic acids is 1. The lowest BCUT2D eigenvalue weighted by atomic mass is 10.0. The van der Waals surface area contributed by atoms with Crippen molar-refractivity contribution in [2.45, 2.75) is 12.2 Å². The first-order chi connectivity index (χ1) is 14.4. The summed E-state index contributed by atoms with van der Waals surface area (Å²) < 4.78 is 23.0. The van der Waals surface area contributed by atoms with Gasteiger partial charge in [0.25, 0.3) is 0 Å². The van der Waals surface area contributed by atoms with Crippen molar-refractivity contribution in [1.29, 1.82) is 5.41 Å². The van der Waals surface area contributed by atoms with E-state index in [-0.39, 0.29) is 25.7 Å². The molecule has 2 aromatic carbocycles. The second-order valence-electron chi connectivity index (χ2n) is 6.46. The van der Waals surface area contributed by atoms with Gasteiger partial charge in [-0.2, -0.15) is 0 Å². The van der Waals surface area contributed by atoms with Crippen molar-refractivity contribution >= 4 is 11.6 Å². The average Bonchev–Trinajstić information content (AvgIpc) is 2.79. The lowest BCUT2D eigenvalue weighted by Crippen LogP contribution is -2.34. The Morgan fingerprint density at radius 1 is 1.00 bits per heavy atom. The second-order valence-corrected chi connectivity index (χ2v) is 6.46. The van der Waals surface area contributed by atoms with Crippen LogP contribution in [0.5, 0.6) is 11.5 Å². The standard InChI is InChI=1S/C22H25FN2O5/c1-2-21(28)25-12-18(27)14-30-20-9-5-16(6-10-20)22(24)15-3-7-19(8-4-15)29-13-17(26)11-23/h2-10,17-18,24,26-27H,1,11-14H2,(H,25,28). The number of carbonyl (C=O) groups is 1. The zero-order valence-electron chi connectivity index (χ0n) is 16.4. The minimum Gasteiger partial charge on any atom is -0.491 e. The zero-order valence-corrected chi connectivity index (χ0v) is 16.4. The van der Waals surface area contributed by atoms with Crippen LogP contribution in [-0.2, 0) is 4.79 Å². The summed E-state index contributed by atoms with van der Waals surface area (Å²) in [6.07, 6.45) is -0.895. The molecule has 0 bridgehead atoms. The van der Waals surface area contributed by atoms with Gasteiger partial charge in [0.15, 0.2) is 0 Å².